The number of halogens is 2. The Kier molecular flexibility index (Phi) is 6.96. The molecule has 6 nitrogen and oxygen atoms in total. The van der Waals surface area contributed by atoms with E-state index in [4.69, 9.17) is 16.3 Å². The van der Waals surface area contributed by atoms with Crippen molar-refractivity contribution < 1.29 is 18.7 Å². The minimum absolute atomic E-state index is 0.0608. The fraction of sp³-hybridized carbons (Fsp3) is 0.500. The van der Waals surface area contributed by atoms with Crippen molar-refractivity contribution in [1.82, 2.24) is 9.80 Å². The highest BCUT2D eigenvalue weighted by atomic mass is 35.5. The van der Waals surface area contributed by atoms with Gasteiger partial charge in [0.2, 0.25) is 11.8 Å². The molecule has 0 atom stereocenters. The normalized spacial score (nSPS) is 15.1. The van der Waals surface area contributed by atoms with E-state index in [-0.39, 0.29) is 23.4 Å². The van der Waals surface area contributed by atoms with Crippen LogP contribution in [0.2, 0.25) is 5.02 Å². The first-order valence-electron chi connectivity index (χ1n) is 7.76. The van der Waals surface area contributed by atoms with Gasteiger partial charge in [0.25, 0.3) is 0 Å². The van der Waals surface area contributed by atoms with Crippen molar-refractivity contribution in [3.8, 4) is 0 Å². The second kappa shape index (κ2) is 8.96. The molecule has 2 rings (SSSR count). The van der Waals surface area contributed by atoms with Gasteiger partial charge in [-0.25, -0.2) is 4.39 Å². The van der Waals surface area contributed by atoms with E-state index in [2.05, 4.69) is 10.2 Å². The summed E-state index contributed by atoms with van der Waals surface area (Å²) in [6.45, 7) is 5.55. The number of ether oxygens (including phenoxy) is 1. The average molecular weight is 358 g/mol. The number of carbonyl (C=O) groups is 2. The number of carbonyl (C=O) groups excluding carboxylic acids is 2. The molecular weight excluding hydrogens is 337 g/mol. The number of nitrogens with one attached hydrogen (secondary N) is 1. The number of morpholine rings is 1. The third kappa shape index (κ3) is 5.74. The Bertz CT molecular complexity index is 594. The Morgan fingerprint density at radius 1 is 1.38 bits per heavy atom. The quantitative estimate of drug-likeness (QED) is 0.840. The van der Waals surface area contributed by atoms with Gasteiger partial charge in [-0.1, -0.05) is 11.6 Å². The number of nitrogens with zero attached hydrogens (tertiary/aromatic N) is 2. The van der Waals surface area contributed by atoms with Crippen LogP contribution in [0.5, 0.6) is 0 Å². The van der Waals surface area contributed by atoms with Gasteiger partial charge in [-0.05, 0) is 18.2 Å². The lowest BCUT2D eigenvalue weighted by Crippen LogP contribution is -2.44. The minimum Gasteiger partial charge on any atom is -0.379 e. The van der Waals surface area contributed by atoms with Crippen molar-refractivity contribution in [2.45, 2.75) is 6.92 Å². The summed E-state index contributed by atoms with van der Waals surface area (Å²) in [5.41, 5.74) is 0.392. The Morgan fingerprint density at radius 3 is 2.71 bits per heavy atom. The lowest BCUT2D eigenvalue weighted by molar-refractivity contribution is -0.133. The summed E-state index contributed by atoms with van der Waals surface area (Å²) >= 11 is 5.68. The van der Waals surface area contributed by atoms with Gasteiger partial charge in [-0.2, -0.15) is 0 Å². The van der Waals surface area contributed by atoms with Crippen LogP contribution in [0.25, 0.3) is 0 Å². The van der Waals surface area contributed by atoms with Gasteiger partial charge < -0.3 is 15.0 Å². The third-order valence-corrected chi connectivity index (χ3v) is 4.06. The molecule has 0 saturated carbocycles. The molecule has 24 heavy (non-hydrogen) atoms. The zero-order chi connectivity index (χ0) is 17.5. The molecule has 1 fully saturated rings. The molecule has 0 unspecified atom stereocenters. The molecule has 1 aliphatic rings. The van der Waals surface area contributed by atoms with Gasteiger partial charge in [0.15, 0.2) is 0 Å². The topological polar surface area (TPSA) is 61.9 Å². The standard InChI is InChI=1S/C16H21ClFN3O3/c1-12(22)21(5-4-20-6-8-24-9-7-20)11-16(23)19-13-2-3-15(18)14(17)10-13/h2-3,10H,4-9,11H2,1H3,(H,19,23). The highest BCUT2D eigenvalue weighted by Crippen LogP contribution is 2.19. The molecule has 1 saturated heterocycles. The number of hydrogen-bond acceptors (Lipinski definition) is 4. The van der Waals surface area contributed by atoms with Crippen molar-refractivity contribution in [3.63, 3.8) is 0 Å². The van der Waals surface area contributed by atoms with Crippen molar-refractivity contribution in [2.24, 2.45) is 0 Å². The fourth-order valence-corrected chi connectivity index (χ4v) is 2.56. The summed E-state index contributed by atoms with van der Waals surface area (Å²) in [5, 5.41) is 2.55. The zero-order valence-electron chi connectivity index (χ0n) is 13.6. The molecule has 0 aromatic heterocycles. The summed E-state index contributed by atoms with van der Waals surface area (Å²) in [6.07, 6.45) is 0. The van der Waals surface area contributed by atoms with Gasteiger partial charge in [0, 0.05) is 38.8 Å². The first-order chi connectivity index (χ1) is 11.5. The van der Waals surface area contributed by atoms with E-state index < -0.39 is 5.82 Å². The molecule has 0 aliphatic carbocycles. The van der Waals surface area contributed by atoms with Crippen LogP contribution in [0.1, 0.15) is 6.92 Å². The fourth-order valence-electron chi connectivity index (χ4n) is 2.38. The van der Waals surface area contributed by atoms with Crippen LogP contribution in [0, 0.1) is 5.82 Å². The van der Waals surface area contributed by atoms with E-state index in [0.29, 0.717) is 32.0 Å². The van der Waals surface area contributed by atoms with Crippen molar-refractivity contribution in [1.29, 1.82) is 0 Å². The Balaban J connectivity index is 1.85. The van der Waals surface area contributed by atoms with Crippen LogP contribution in [0.15, 0.2) is 18.2 Å². The maximum atomic E-state index is 13.1. The van der Waals surface area contributed by atoms with Crippen LogP contribution >= 0.6 is 11.6 Å². The van der Waals surface area contributed by atoms with Gasteiger partial charge >= 0.3 is 0 Å². The SMILES string of the molecule is CC(=O)N(CCN1CCOCC1)CC(=O)Nc1ccc(F)c(Cl)c1. The van der Waals surface area contributed by atoms with Gasteiger partial charge in [0.1, 0.15) is 5.82 Å². The highest BCUT2D eigenvalue weighted by Gasteiger charge is 2.17. The highest BCUT2D eigenvalue weighted by molar-refractivity contribution is 6.31. The monoisotopic (exact) mass is 357 g/mol. The average Bonchev–Trinajstić information content (AvgIpc) is 2.55. The summed E-state index contributed by atoms with van der Waals surface area (Å²) in [7, 11) is 0. The lowest BCUT2D eigenvalue weighted by atomic mass is 10.3. The summed E-state index contributed by atoms with van der Waals surface area (Å²) < 4.78 is 18.4. The van der Waals surface area contributed by atoms with Crippen molar-refractivity contribution in [3.05, 3.63) is 29.0 Å². The van der Waals surface area contributed by atoms with Crippen LogP contribution in [0.3, 0.4) is 0 Å². The largest absolute Gasteiger partial charge is 0.379 e. The smallest absolute Gasteiger partial charge is 0.243 e. The molecule has 2 amide bonds. The van der Waals surface area contributed by atoms with E-state index in [1.165, 1.54) is 30.0 Å². The first-order valence-corrected chi connectivity index (χ1v) is 8.14. The van der Waals surface area contributed by atoms with Crippen LogP contribution < -0.4 is 5.32 Å². The molecule has 0 spiro atoms. The maximum absolute atomic E-state index is 13.1. The molecule has 8 heteroatoms. The van der Waals surface area contributed by atoms with E-state index >= 15 is 0 Å². The van der Waals surface area contributed by atoms with Crippen LogP contribution in [0.4, 0.5) is 10.1 Å². The molecule has 1 aromatic rings. The molecular formula is C16H21ClFN3O3. The number of rotatable bonds is 6. The van der Waals surface area contributed by atoms with Gasteiger partial charge in [-0.15, -0.1) is 0 Å². The molecule has 1 N–H and O–H groups in total. The van der Waals surface area contributed by atoms with E-state index in [1.54, 1.807) is 0 Å². The minimum atomic E-state index is -0.550. The zero-order valence-corrected chi connectivity index (χ0v) is 14.3. The summed E-state index contributed by atoms with van der Waals surface area (Å²) in [5.74, 6) is -1.07. The number of anilines is 1. The number of hydrogen-bond donors (Lipinski definition) is 1. The molecule has 0 radical (unpaired) electrons. The van der Waals surface area contributed by atoms with Crippen LogP contribution in [-0.4, -0.2) is 67.6 Å². The first kappa shape index (κ1) is 18.6. The predicted octanol–water partition coefficient (Wildman–Crippen LogP) is 1.60. The molecule has 132 valence electrons. The molecule has 1 aromatic carbocycles. The summed E-state index contributed by atoms with van der Waals surface area (Å²) in [6, 6.07) is 3.94. The van der Waals surface area contributed by atoms with Gasteiger partial charge in [0.05, 0.1) is 24.8 Å². The number of benzene rings is 1. The number of amides is 2. The second-order valence-corrected chi connectivity index (χ2v) is 5.98. The summed E-state index contributed by atoms with van der Waals surface area (Å²) in [4.78, 5) is 27.5. The van der Waals surface area contributed by atoms with E-state index in [0.717, 1.165) is 13.1 Å². The van der Waals surface area contributed by atoms with Crippen LogP contribution in [-0.2, 0) is 14.3 Å². The third-order valence-electron chi connectivity index (χ3n) is 3.77. The van der Waals surface area contributed by atoms with Gasteiger partial charge in [-0.3, -0.25) is 14.5 Å². The Labute approximate surface area is 145 Å². The molecule has 1 aliphatic heterocycles. The Morgan fingerprint density at radius 2 is 2.08 bits per heavy atom. The van der Waals surface area contributed by atoms with Crippen molar-refractivity contribution in [2.75, 3.05) is 51.3 Å². The van der Waals surface area contributed by atoms with E-state index in [1.807, 2.05) is 0 Å². The molecule has 1 heterocycles. The lowest BCUT2D eigenvalue weighted by Gasteiger charge is -2.29. The predicted molar refractivity (Wildman–Crippen MR) is 89.6 cm³/mol. The second-order valence-electron chi connectivity index (χ2n) is 5.57. The Hall–Kier alpha value is -1.70. The van der Waals surface area contributed by atoms with Crippen molar-refractivity contribution >= 4 is 29.1 Å². The maximum Gasteiger partial charge on any atom is 0.243 e. The van der Waals surface area contributed by atoms with E-state index in [9.17, 15) is 14.0 Å². The molecule has 0 bridgehead atoms.